The van der Waals surface area contributed by atoms with Crippen LogP contribution in [-0.2, 0) is 23.7 Å². The van der Waals surface area contributed by atoms with Crippen molar-refractivity contribution in [3.05, 3.63) is 0 Å². The van der Waals surface area contributed by atoms with Crippen molar-refractivity contribution in [3.63, 3.8) is 0 Å². The van der Waals surface area contributed by atoms with Crippen molar-refractivity contribution in [1.82, 2.24) is 4.90 Å². The molecule has 0 aliphatic rings. The molecule has 29 heavy (non-hydrogen) atoms. The van der Waals surface area contributed by atoms with E-state index in [1.807, 2.05) is 7.05 Å². The van der Waals surface area contributed by atoms with E-state index in [1.165, 1.54) is 6.42 Å². The number of hydrogen-bond acceptors (Lipinski definition) is 5. The Morgan fingerprint density at radius 3 is 1.62 bits per heavy atom. The van der Waals surface area contributed by atoms with Crippen molar-refractivity contribution in [3.8, 4) is 0 Å². The fraction of sp³-hybridized carbons (Fsp3) is 0.957. The van der Waals surface area contributed by atoms with Crippen LogP contribution >= 0.6 is 0 Å². The summed E-state index contributed by atoms with van der Waals surface area (Å²) in [5.41, 5.74) is 0.594. The number of amides is 1. The molecular weight excluding hydrogens is 370 g/mol. The summed E-state index contributed by atoms with van der Waals surface area (Å²) in [4.78, 5) is 13.8. The standard InChI is InChI=1S/C23H47NO5/c1-8-23(5,6)11-14-27-16-18-29-20-19-28-17-15-26-13-9-21(25)24(7)12-10-22(2,3)4/h8-20H2,1-7H3. The molecule has 0 fully saturated rings. The Balaban J connectivity index is 3.36. The highest BCUT2D eigenvalue weighted by atomic mass is 16.6. The summed E-state index contributed by atoms with van der Waals surface area (Å²) in [5.74, 6) is 0.129. The van der Waals surface area contributed by atoms with Gasteiger partial charge in [0.2, 0.25) is 5.91 Å². The molecule has 0 N–H and O–H groups in total. The minimum Gasteiger partial charge on any atom is -0.379 e. The number of ether oxygens (including phenoxy) is 4. The average Bonchev–Trinajstić information content (AvgIpc) is 2.65. The van der Waals surface area contributed by atoms with Crippen LogP contribution in [0.25, 0.3) is 0 Å². The molecule has 6 heteroatoms. The lowest BCUT2D eigenvalue weighted by molar-refractivity contribution is -0.131. The summed E-state index contributed by atoms with van der Waals surface area (Å²) in [5, 5.41) is 0. The molecule has 0 bridgehead atoms. The highest BCUT2D eigenvalue weighted by Crippen LogP contribution is 2.23. The summed E-state index contributed by atoms with van der Waals surface area (Å²) < 4.78 is 22.0. The summed E-state index contributed by atoms with van der Waals surface area (Å²) >= 11 is 0. The van der Waals surface area contributed by atoms with Gasteiger partial charge in [-0.05, 0) is 23.7 Å². The zero-order valence-electron chi connectivity index (χ0n) is 20.2. The molecule has 0 aromatic heterocycles. The summed E-state index contributed by atoms with van der Waals surface area (Å²) in [6, 6.07) is 0. The number of carbonyl (C=O) groups excluding carboxylic acids is 1. The lowest BCUT2D eigenvalue weighted by atomic mass is 9.87. The van der Waals surface area contributed by atoms with Gasteiger partial charge in [0, 0.05) is 20.2 Å². The van der Waals surface area contributed by atoms with Gasteiger partial charge in [0.1, 0.15) is 0 Å². The predicted molar refractivity (Wildman–Crippen MR) is 118 cm³/mol. The van der Waals surface area contributed by atoms with Crippen LogP contribution in [0.1, 0.15) is 67.2 Å². The predicted octanol–water partition coefficient (Wildman–Crippen LogP) is 4.16. The molecule has 0 saturated carbocycles. The molecule has 0 unspecified atom stereocenters. The average molecular weight is 418 g/mol. The highest BCUT2D eigenvalue weighted by Gasteiger charge is 2.15. The quantitative estimate of drug-likeness (QED) is 0.313. The fourth-order valence-electron chi connectivity index (χ4n) is 2.27. The Labute approximate surface area is 179 Å². The van der Waals surface area contributed by atoms with Gasteiger partial charge in [0.25, 0.3) is 0 Å². The molecule has 0 aliphatic heterocycles. The Morgan fingerprint density at radius 2 is 1.17 bits per heavy atom. The zero-order valence-corrected chi connectivity index (χ0v) is 20.2. The van der Waals surface area contributed by atoms with Gasteiger partial charge in [-0.25, -0.2) is 0 Å². The second kappa shape index (κ2) is 16.1. The van der Waals surface area contributed by atoms with Crippen molar-refractivity contribution >= 4 is 5.91 Å². The van der Waals surface area contributed by atoms with Crippen LogP contribution < -0.4 is 0 Å². The second-order valence-corrected chi connectivity index (χ2v) is 9.59. The van der Waals surface area contributed by atoms with Gasteiger partial charge in [-0.3, -0.25) is 4.79 Å². The first kappa shape index (κ1) is 28.3. The molecule has 0 heterocycles. The Kier molecular flexibility index (Phi) is 15.7. The van der Waals surface area contributed by atoms with Gasteiger partial charge in [0.15, 0.2) is 0 Å². The summed E-state index contributed by atoms with van der Waals surface area (Å²) in [6.45, 7) is 18.6. The van der Waals surface area contributed by atoms with Crippen molar-refractivity contribution in [2.24, 2.45) is 10.8 Å². The Morgan fingerprint density at radius 1 is 0.724 bits per heavy atom. The lowest BCUT2D eigenvalue weighted by Crippen LogP contribution is -2.30. The smallest absolute Gasteiger partial charge is 0.224 e. The number of hydrogen-bond donors (Lipinski definition) is 0. The molecule has 0 radical (unpaired) electrons. The van der Waals surface area contributed by atoms with Crippen LogP contribution in [0.5, 0.6) is 0 Å². The van der Waals surface area contributed by atoms with Crippen LogP contribution in [0.3, 0.4) is 0 Å². The van der Waals surface area contributed by atoms with Crippen LogP contribution in [0.15, 0.2) is 0 Å². The van der Waals surface area contributed by atoms with E-state index in [1.54, 1.807) is 4.90 Å². The number of rotatable bonds is 18. The topological polar surface area (TPSA) is 57.2 Å². The van der Waals surface area contributed by atoms with E-state index in [4.69, 9.17) is 18.9 Å². The maximum atomic E-state index is 12.0. The van der Waals surface area contributed by atoms with Crippen LogP contribution in [0.2, 0.25) is 0 Å². The lowest BCUT2D eigenvalue weighted by Gasteiger charge is -2.23. The maximum Gasteiger partial charge on any atom is 0.224 e. The first-order valence-corrected chi connectivity index (χ1v) is 11.1. The van der Waals surface area contributed by atoms with Gasteiger partial charge in [-0.15, -0.1) is 0 Å². The van der Waals surface area contributed by atoms with Crippen molar-refractivity contribution < 1.29 is 23.7 Å². The minimum absolute atomic E-state index is 0.129. The molecule has 0 aliphatic carbocycles. The molecule has 174 valence electrons. The number of nitrogens with zero attached hydrogens (tertiary/aromatic N) is 1. The Hall–Kier alpha value is -0.690. The molecule has 1 amide bonds. The first-order valence-electron chi connectivity index (χ1n) is 11.1. The van der Waals surface area contributed by atoms with E-state index < -0.39 is 0 Å². The van der Waals surface area contributed by atoms with Crippen LogP contribution in [-0.4, -0.2) is 77.3 Å². The highest BCUT2D eigenvalue weighted by molar-refractivity contribution is 5.75. The minimum atomic E-state index is 0.129. The fourth-order valence-corrected chi connectivity index (χ4v) is 2.27. The largest absolute Gasteiger partial charge is 0.379 e. The summed E-state index contributed by atoms with van der Waals surface area (Å²) in [7, 11) is 1.86. The van der Waals surface area contributed by atoms with Gasteiger partial charge in [-0.1, -0.05) is 48.0 Å². The molecule has 0 atom stereocenters. The molecule has 0 spiro atoms. The van der Waals surface area contributed by atoms with E-state index in [0.717, 1.165) is 26.0 Å². The zero-order chi connectivity index (χ0) is 22.2. The maximum absolute atomic E-state index is 12.0. The van der Waals surface area contributed by atoms with E-state index >= 15 is 0 Å². The SMILES string of the molecule is CCC(C)(C)CCOCCOCCOCCOCCC(=O)N(C)CCC(C)(C)C. The van der Waals surface area contributed by atoms with E-state index in [2.05, 4.69) is 41.5 Å². The molecule has 0 aromatic rings. The van der Waals surface area contributed by atoms with Gasteiger partial charge in [0.05, 0.1) is 52.7 Å². The molecular formula is C23H47NO5. The third-order valence-corrected chi connectivity index (χ3v) is 5.08. The van der Waals surface area contributed by atoms with Gasteiger partial charge in [-0.2, -0.15) is 0 Å². The van der Waals surface area contributed by atoms with Crippen LogP contribution in [0.4, 0.5) is 0 Å². The monoisotopic (exact) mass is 417 g/mol. The second-order valence-electron chi connectivity index (χ2n) is 9.59. The van der Waals surface area contributed by atoms with Gasteiger partial charge >= 0.3 is 0 Å². The van der Waals surface area contributed by atoms with E-state index in [-0.39, 0.29) is 11.3 Å². The molecule has 0 rings (SSSR count). The Bertz CT molecular complexity index is 407. The van der Waals surface area contributed by atoms with E-state index in [0.29, 0.717) is 58.1 Å². The molecule has 0 aromatic carbocycles. The van der Waals surface area contributed by atoms with Crippen molar-refractivity contribution in [2.75, 3.05) is 66.4 Å². The summed E-state index contributed by atoms with van der Waals surface area (Å²) in [6.07, 6.45) is 3.65. The van der Waals surface area contributed by atoms with Crippen LogP contribution in [0, 0.1) is 10.8 Å². The first-order chi connectivity index (χ1) is 13.6. The third-order valence-electron chi connectivity index (χ3n) is 5.08. The number of carbonyl (C=O) groups is 1. The van der Waals surface area contributed by atoms with Gasteiger partial charge < -0.3 is 23.8 Å². The van der Waals surface area contributed by atoms with Crippen molar-refractivity contribution in [2.45, 2.75) is 67.2 Å². The van der Waals surface area contributed by atoms with E-state index in [9.17, 15) is 4.79 Å². The normalized spacial score (nSPS) is 12.4. The molecule has 0 saturated heterocycles. The van der Waals surface area contributed by atoms with Crippen molar-refractivity contribution in [1.29, 1.82) is 0 Å². The molecule has 6 nitrogen and oxygen atoms in total. The third kappa shape index (κ3) is 19.0.